The highest BCUT2D eigenvalue weighted by Gasteiger charge is 2.58. The van der Waals surface area contributed by atoms with Gasteiger partial charge in [-0.3, -0.25) is 0 Å². The van der Waals surface area contributed by atoms with Gasteiger partial charge < -0.3 is 50.7 Å². The van der Waals surface area contributed by atoms with Crippen molar-refractivity contribution in [2.75, 3.05) is 6.61 Å². The molecule has 0 aromatic rings. The van der Waals surface area contributed by atoms with E-state index in [9.17, 15) is 5.11 Å². The van der Waals surface area contributed by atoms with E-state index >= 15 is 0 Å². The van der Waals surface area contributed by atoms with Crippen LogP contribution in [-0.2, 0) is 28.4 Å². The van der Waals surface area contributed by atoms with Gasteiger partial charge in [0.1, 0.15) is 36.6 Å². The summed E-state index contributed by atoms with van der Waals surface area (Å²) in [4.78, 5) is 0. The Morgan fingerprint density at radius 2 is 1.35 bits per heavy atom. The maximum absolute atomic E-state index is 11.1. The van der Waals surface area contributed by atoms with Gasteiger partial charge in [0.05, 0.1) is 12.6 Å². The number of rotatable bonds is 2. The van der Waals surface area contributed by atoms with Gasteiger partial charge in [0.2, 0.25) is 0 Å². The summed E-state index contributed by atoms with van der Waals surface area (Å²) >= 11 is 0. The van der Waals surface area contributed by atoms with E-state index in [4.69, 9.17) is 45.6 Å². The summed E-state index contributed by atoms with van der Waals surface area (Å²) in [5, 5.41) is 11.1. The summed E-state index contributed by atoms with van der Waals surface area (Å²) in [7, 11) is 0. The molecule has 6 rings (SSSR count). The van der Waals surface area contributed by atoms with Crippen LogP contribution in [0.1, 0.15) is 70.6 Å². The molecule has 10 atom stereocenters. The molecular weight excluding hydrogens is 442 g/mol. The van der Waals surface area contributed by atoms with E-state index in [-0.39, 0.29) is 18.2 Å². The minimum Gasteiger partial charge on any atom is -0.388 e. The molecule has 0 radical (unpaired) electrons. The van der Waals surface area contributed by atoms with Gasteiger partial charge in [-0.1, -0.05) is 12.8 Å². The van der Waals surface area contributed by atoms with Crippen molar-refractivity contribution in [2.24, 2.45) is 17.2 Å². The third-order valence-electron chi connectivity index (χ3n) is 8.84. The zero-order valence-corrected chi connectivity index (χ0v) is 19.9. The van der Waals surface area contributed by atoms with E-state index in [0.29, 0.717) is 13.0 Å². The van der Waals surface area contributed by atoms with Crippen molar-refractivity contribution in [1.29, 1.82) is 0 Å². The highest BCUT2D eigenvalue weighted by atomic mass is 16.8. The molecule has 6 aliphatic rings. The third kappa shape index (κ3) is 4.13. The number of hydrogen-bond acceptors (Lipinski definition) is 10. The predicted molar refractivity (Wildman–Crippen MR) is 120 cm³/mol. The van der Waals surface area contributed by atoms with Gasteiger partial charge in [-0.25, -0.2) is 0 Å². The van der Waals surface area contributed by atoms with Crippen LogP contribution in [0.4, 0.5) is 0 Å². The lowest BCUT2D eigenvalue weighted by Crippen LogP contribution is -2.69. The van der Waals surface area contributed by atoms with Crippen LogP contribution in [0.15, 0.2) is 0 Å². The van der Waals surface area contributed by atoms with Crippen molar-refractivity contribution in [2.45, 2.75) is 143 Å². The minimum atomic E-state index is -0.935. The van der Waals surface area contributed by atoms with Crippen molar-refractivity contribution in [1.82, 2.24) is 0 Å². The van der Waals surface area contributed by atoms with E-state index in [0.717, 1.165) is 51.4 Å². The van der Waals surface area contributed by atoms with Gasteiger partial charge in [-0.2, -0.15) is 0 Å². The van der Waals surface area contributed by atoms with Gasteiger partial charge in [0.15, 0.2) is 17.9 Å². The smallest absolute Gasteiger partial charge is 0.176 e. The summed E-state index contributed by atoms with van der Waals surface area (Å²) in [6.45, 7) is 0.338. The highest BCUT2D eigenvalue weighted by molar-refractivity contribution is 5.06. The largest absolute Gasteiger partial charge is 0.388 e. The van der Waals surface area contributed by atoms with E-state index < -0.39 is 54.4 Å². The zero-order valence-electron chi connectivity index (χ0n) is 19.9. The van der Waals surface area contributed by atoms with Gasteiger partial charge in [0, 0.05) is 37.8 Å². The maximum atomic E-state index is 11.1. The molecule has 0 bridgehead atoms. The second kappa shape index (κ2) is 9.16. The summed E-state index contributed by atoms with van der Waals surface area (Å²) in [6.07, 6.45) is 6.56. The monoisotopic (exact) mass is 483 g/mol. The zero-order chi connectivity index (χ0) is 23.5. The Labute approximate surface area is 201 Å². The van der Waals surface area contributed by atoms with Crippen molar-refractivity contribution in [3.63, 3.8) is 0 Å². The molecule has 2 spiro atoms. The summed E-state index contributed by atoms with van der Waals surface area (Å²) in [5.74, 6) is -1.23. The molecule has 34 heavy (non-hydrogen) atoms. The Morgan fingerprint density at radius 1 is 0.735 bits per heavy atom. The topological polar surface area (TPSA) is 154 Å². The van der Waals surface area contributed by atoms with E-state index in [2.05, 4.69) is 0 Å². The Bertz CT molecular complexity index is 729. The highest BCUT2D eigenvalue weighted by Crippen LogP contribution is 2.46. The number of ether oxygens (including phenoxy) is 6. The molecule has 3 heterocycles. The van der Waals surface area contributed by atoms with Crippen molar-refractivity contribution in [3.8, 4) is 0 Å². The maximum Gasteiger partial charge on any atom is 0.176 e. The number of aliphatic hydroxyl groups is 1. The van der Waals surface area contributed by atoms with Crippen LogP contribution in [0.3, 0.4) is 0 Å². The molecule has 194 valence electrons. The van der Waals surface area contributed by atoms with Gasteiger partial charge in [-0.15, -0.1) is 0 Å². The minimum absolute atomic E-state index is 0.219. The van der Waals surface area contributed by atoms with Crippen LogP contribution in [0.25, 0.3) is 0 Å². The van der Waals surface area contributed by atoms with Crippen molar-refractivity contribution >= 4 is 0 Å². The molecule has 10 nitrogen and oxygen atoms in total. The first-order valence-electron chi connectivity index (χ1n) is 13.3. The molecule has 10 heteroatoms. The number of fused-ring (bicyclic) bond motifs is 2. The number of aliphatic hydroxyl groups excluding tert-OH is 1. The van der Waals surface area contributed by atoms with Crippen molar-refractivity contribution in [3.05, 3.63) is 0 Å². The second-order valence-corrected chi connectivity index (χ2v) is 11.3. The van der Waals surface area contributed by atoms with Gasteiger partial charge in [-0.05, 0) is 32.1 Å². The van der Waals surface area contributed by atoms with E-state index in [1.54, 1.807) is 0 Å². The van der Waals surface area contributed by atoms with Crippen LogP contribution in [0.5, 0.6) is 0 Å². The molecule has 0 amide bonds. The van der Waals surface area contributed by atoms with Gasteiger partial charge >= 0.3 is 0 Å². The number of nitrogens with two attached hydrogens (primary N) is 3. The second-order valence-electron chi connectivity index (χ2n) is 11.3. The molecule has 3 saturated carbocycles. The quantitative estimate of drug-likeness (QED) is 0.433. The fourth-order valence-corrected chi connectivity index (χ4v) is 6.94. The lowest BCUT2D eigenvalue weighted by molar-refractivity contribution is -0.388. The first-order chi connectivity index (χ1) is 16.4. The molecule has 7 N–H and O–H groups in total. The molecule has 0 aromatic heterocycles. The van der Waals surface area contributed by atoms with Crippen LogP contribution in [0.2, 0.25) is 0 Å². The lowest BCUT2D eigenvalue weighted by Gasteiger charge is -2.52. The normalized spacial score (nSPS) is 50.1. The first kappa shape index (κ1) is 24.0. The Balaban J connectivity index is 1.16. The van der Waals surface area contributed by atoms with Crippen LogP contribution in [0, 0.1) is 0 Å². The molecule has 3 saturated heterocycles. The van der Waals surface area contributed by atoms with Crippen LogP contribution in [-0.4, -0.2) is 84.3 Å². The average Bonchev–Trinajstić information content (AvgIpc) is 3.20. The lowest BCUT2D eigenvalue weighted by atomic mass is 9.84. The molecule has 10 unspecified atom stereocenters. The molecule has 3 aliphatic carbocycles. The molecule has 0 aromatic carbocycles. The fraction of sp³-hybridized carbons (Fsp3) is 1.00. The van der Waals surface area contributed by atoms with Crippen LogP contribution >= 0.6 is 0 Å². The van der Waals surface area contributed by atoms with E-state index in [1.165, 1.54) is 12.8 Å². The standard InChI is InChI=1S/C24H41N3O7/c25-13-11-14(26)19-21(34-24(32-19)9-5-2-6-10-24)18(13)31-22-16(27)17(28)20-15(30-22)12-29-23(33-20)7-3-1-4-8-23/h13-22,28H,1-12,25-27H2. The first-order valence-corrected chi connectivity index (χ1v) is 13.3. The number of hydrogen-bond donors (Lipinski definition) is 4. The summed E-state index contributed by atoms with van der Waals surface area (Å²) in [6, 6.07) is -1.36. The Morgan fingerprint density at radius 3 is 2.06 bits per heavy atom. The summed E-state index contributed by atoms with van der Waals surface area (Å²) < 4.78 is 38.0. The summed E-state index contributed by atoms with van der Waals surface area (Å²) in [5.41, 5.74) is 19.4. The van der Waals surface area contributed by atoms with E-state index in [1.807, 2.05) is 0 Å². The SMILES string of the molecule is NC1CC(N)C2OC3(CCCCC3)OC2C1OC1OC2COC3(CCCCC3)OC2C(O)C1N. The molecule has 3 aliphatic heterocycles. The third-order valence-corrected chi connectivity index (χ3v) is 8.84. The average molecular weight is 484 g/mol. The Kier molecular flexibility index (Phi) is 6.46. The predicted octanol–water partition coefficient (Wildman–Crippen LogP) is 0.363. The fourth-order valence-electron chi connectivity index (χ4n) is 6.94. The van der Waals surface area contributed by atoms with Crippen LogP contribution < -0.4 is 17.2 Å². The van der Waals surface area contributed by atoms with Crippen molar-refractivity contribution < 1.29 is 33.5 Å². The Hall–Kier alpha value is -0.400. The molecular formula is C24H41N3O7. The molecule has 6 fully saturated rings. The van der Waals surface area contributed by atoms with Gasteiger partial charge in [0.25, 0.3) is 0 Å².